The van der Waals surface area contributed by atoms with Crippen molar-refractivity contribution in [1.82, 2.24) is 31.9 Å². The van der Waals surface area contributed by atoms with Crippen molar-refractivity contribution in [2.75, 3.05) is 19.6 Å². The van der Waals surface area contributed by atoms with Gasteiger partial charge in [0.25, 0.3) is 0 Å². The van der Waals surface area contributed by atoms with Crippen molar-refractivity contribution in [3.8, 4) is 0 Å². The summed E-state index contributed by atoms with van der Waals surface area (Å²) < 4.78 is 0. The first-order chi connectivity index (χ1) is 21.5. The molecule has 1 aliphatic heterocycles. The number of amides is 6. The summed E-state index contributed by atoms with van der Waals surface area (Å²) in [5, 5.41) is 16.0. The van der Waals surface area contributed by atoms with E-state index in [-0.39, 0.29) is 37.7 Å². The summed E-state index contributed by atoms with van der Waals surface area (Å²) in [7, 11) is 0. The monoisotopic (exact) mass is 629 g/mol. The normalized spacial score (nSPS) is 21.5. The number of rotatable bonds is 13. The van der Waals surface area contributed by atoms with Gasteiger partial charge in [0, 0.05) is 25.9 Å². The van der Waals surface area contributed by atoms with Gasteiger partial charge in [-0.25, -0.2) is 0 Å². The zero-order chi connectivity index (χ0) is 33.2. The third-order valence-electron chi connectivity index (χ3n) is 7.04. The Morgan fingerprint density at radius 2 is 1.47 bits per heavy atom. The van der Waals surface area contributed by atoms with Crippen molar-refractivity contribution in [2.24, 2.45) is 16.5 Å². The number of carbonyl (C=O) groups excluding carboxylic acids is 6. The van der Waals surface area contributed by atoms with Gasteiger partial charge in [0.2, 0.25) is 35.4 Å². The van der Waals surface area contributed by atoms with E-state index in [2.05, 4.69) is 36.9 Å². The van der Waals surface area contributed by atoms with Crippen LogP contribution < -0.4 is 43.4 Å². The standard InChI is InChI=1S/C30H47N9O6/c1-3-10-24(40)33-15-8-7-13-22-28(44)37-21(14-9-16-34-30(31)32)27(43)35-18-25(41)36-19(2)26(42)39-23(29(45)38-22)17-20-11-5-4-6-12-20/h4-6,11-12,19,21-23H,3,7-10,13-18H2,1-2H3,(H,33,40)(H,35,43)(H,36,41)(H,37,44)(H,38,45)(H,39,42)(H4,31,32,34)/t19-,21-,22-,23+/m0/s1. The Balaban J connectivity index is 2.32. The Hall–Kier alpha value is -4.69. The van der Waals surface area contributed by atoms with Crippen molar-refractivity contribution in [3.63, 3.8) is 0 Å². The highest BCUT2D eigenvalue weighted by Gasteiger charge is 2.31. The van der Waals surface area contributed by atoms with Crippen LogP contribution in [0.3, 0.4) is 0 Å². The molecule has 1 saturated heterocycles. The minimum Gasteiger partial charge on any atom is -0.370 e. The highest BCUT2D eigenvalue weighted by molar-refractivity contribution is 5.97. The molecule has 10 N–H and O–H groups in total. The molecule has 1 heterocycles. The molecule has 0 aromatic heterocycles. The second-order valence-corrected chi connectivity index (χ2v) is 10.9. The number of hydrogen-bond acceptors (Lipinski definition) is 7. The van der Waals surface area contributed by atoms with E-state index in [1.807, 2.05) is 13.0 Å². The highest BCUT2D eigenvalue weighted by atomic mass is 16.2. The van der Waals surface area contributed by atoms with Crippen LogP contribution in [0.4, 0.5) is 0 Å². The van der Waals surface area contributed by atoms with Crippen LogP contribution >= 0.6 is 0 Å². The molecule has 6 amide bonds. The first-order valence-corrected chi connectivity index (χ1v) is 15.3. The third kappa shape index (κ3) is 14.1. The lowest BCUT2D eigenvalue weighted by atomic mass is 10.0. The molecule has 1 aromatic carbocycles. The lowest BCUT2D eigenvalue weighted by Gasteiger charge is -2.25. The molecular weight excluding hydrogens is 582 g/mol. The van der Waals surface area contributed by atoms with Crippen LogP contribution in [0.5, 0.6) is 0 Å². The van der Waals surface area contributed by atoms with Crippen LogP contribution in [0, 0.1) is 0 Å². The van der Waals surface area contributed by atoms with Crippen molar-refractivity contribution in [1.29, 1.82) is 0 Å². The van der Waals surface area contributed by atoms with Crippen LogP contribution in [0.2, 0.25) is 0 Å². The second-order valence-electron chi connectivity index (χ2n) is 10.9. The van der Waals surface area contributed by atoms with E-state index in [0.717, 1.165) is 12.0 Å². The minimum absolute atomic E-state index is 0.0614. The first-order valence-electron chi connectivity index (χ1n) is 15.3. The molecule has 0 spiro atoms. The van der Waals surface area contributed by atoms with Gasteiger partial charge in [-0.15, -0.1) is 0 Å². The number of carbonyl (C=O) groups is 6. The Labute approximate surface area is 263 Å². The molecule has 4 atom stereocenters. The molecule has 0 aliphatic carbocycles. The summed E-state index contributed by atoms with van der Waals surface area (Å²) >= 11 is 0. The van der Waals surface area contributed by atoms with E-state index in [4.69, 9.17) is 11.5 Å². The summed E-state index contributed by atoms with van der Waals surface area (Å²) in [6, 6.07) is 4.84. The molecule has 0 saturated carbocycles. The van der Waals surface area contributed by atoms with Gasteiger partial charge in [0.05, 0.1) is 6.54 Å². The van der Waals surface area contributed by atoms with Gasteiger partial charge in [-0.05, 0) is 51.0 Å². The van der Waals surface area contributed by atoms with E-state index in [0.29, 0.717) is 32.2 Å². The fourth-order valence-corrected chi connectivity index (χ4v) is 4.61. The quantitative estimate of drug-likeness (QED) is 0.0721. The van der Waals surface area contributed by atoms with Crippen LogP contribution in [0.15, 0.2) is 35.3 Å². The summed E-state index contributed by atoms with van der Waals surface area (Å²) in [5.41, 5.74) is 11.5. The van der Waals surface area contributed by atoms with Crippen molar-refractivity contribution in [2.45, 2.75) is 89.4 Å². The van der Waals surface area contributed by atoms with Crippen LogP contribution in [0.25, 0.3) is 0 Å². The number of nitrogens with two attached hydrogens (primary N) is 2. The maximum atomic E-state index is 13.6. The molecule has 0 radical (unpaired) electrons. The predicted molar refractivity (Wildman–Crippen MR) is 168 cm³/mol. The number of hydrogen-bond donors (Lipinski definition) is 8. The fraction of sp³-hybridized carbons (Fsp3) is 0.567. The molecule has 15 heteroatoms. The molecule has 2 rings (SSSR count). The Morgan fingerprint density at radius 3 is 2.13 bits per heavy atom. The molecule has 1 aliphatic rings. The number of nitrogens with zero attached hydrogens (tertiary/aromatic N) is 1. The predicted octanol–water partition coefficient (Wildman–Crippen LogP) is -1.54. The van der Waals surface area contributed by atoms with E-state index in [1.165, 1.54) is 6.92 Å². The van der Waals surface area contributed by atoms with Gasteiger partial charge < -0.3 is 43.4 Å². The zero-order valence-corrected chi connectivity index (χ0v) is 26.0. The molecule has 248 valence electrons. The average molecular weight is 630 g/mol. The van der Waals surface area contributed by atoms with E-state index in [1.54, 1.807) is 24.3 Å². The number of guanidine groups is 1. The van der Waals surface area contributed by atoms with Gasteiger partial charge in [-0.2, -0.15) is 0 Å². The van der Waals surface area contributed by atoms with Crippen LogP contribution in [0.1, 0.15) is 64.4 Å². The molecule has 15 nitrogen and oxygen atoms in total. The molecule has 0 unspecified atom stereocenters. The lowest BCUT2D eigenvalue weighted by molar-refractivity contribution is -0.134. The smallest absolute Gasteiger partial charge is 0.243 e. The Kier molecular flexibility index (Phi) is 15.9. The molecule has 1 fully saturated rings. The highest BCUT2D eigenvalue weighted by Crippen LogP contribution is 2.09. The summed E-state index contributed by atoms with van der Waals surface area (Å²) in [5.74, 6) is -3.25. The Morgan fingerprint density at radius 1 is 0.844 bits per heavy atom. The van der Waals surface area contributed by atoms with Gasteiger partial charge in [0.15, 0.2) is 5.96 Å². The van der Waals surface area contributed by atoms with E-state index >= 15 is 0 Å². The second kappa shape index (κ2) is 19.6. The van der Waals surface area contributed by atoms with Crippen molar-refractivity contribution >= 4 is 41.4 Å². The molecular formula is C30H47N9O6. The van der Waals surface area contributed by atoms with E-state index in [9.17, 15) is 28.8 Å². The maximum absolute atomic E-state index is 13.6. The number of aliphatic imine (C=N–C) groups is 1. The topological polar surface area (TPSA) is 239 Å². The van der Waals surface area contributed by atoms with Crippen molar-refractivity contribution in [3.05, 3.63) is 35.9 Å². The minimum atomic E-state index is -1.07. The van der Waals surface area contributed by atoms with Gasteiger partial charge in [-0.3, -0.25) is 33.8 Å². The zero-order valence-electron chi connectivity index (χ0n) is 26.0. The molecule has 1 aromatic rings. The van der Waals surface area contributed by atoms with Gasteiger partial charge >= 0.3 is 0 Å². The number of nitrogens with one attached hydrogen (secondary N) is 6. The van der Waals surface area contributed by atoms with Crippen LogP contribution in [-0.2, 0) is 35.2 Å². The number of benzene rings is 1. The van der Waals surface area contributed by atoms with E-state index < -0.39 is 60.2 Å². The van der Waals surface area contributed by atoms with Crippen LogP contribution in [-0.4, -0.2) is 85.2 Å². The van der Waals surface area contributed by atoms with Gasteiger partial charge in [-0.1, -0.05) is 37.3 Å². The average Bonchev–Trinajstić information content (AvgIpc) is 3.00. The summed E-state index contributed by atoms with van der Waals surface area (Å²) in [6.07, 6.45) is 2.98. The molecule has 0 bridgehead atoms. The van der Waals surface area contributed by atoms with Crippen molar-refractivity contribution < 1.29 is 28.8 Å². The number of unbranched alkanes of at least 4 members (excludes halogenated alkanes) is 1. The SMILES string of the molecule is CCCC(=O)NCCCC[C@@H]1NC(=O)[C@@H](Cc2ccccc2)NC(=O)[C@H](C)NC(=O)CNC(=O)[C@H](CCCN=C(N)N)NC1=O. The largest absolute Gasteiger partial charge is 0.370 e. The first kappa shape index (κ1) is 36.5. The summed E-state index contributed by atoms with van der Waals surface area (Å²) in [6.45, 7) is 3.55. The van der Waals surface area contributed by atoms with Gasteiger partial charge in [0.1, 0.15) is 24.2 Å². The Bertz CT molecular complexity index is 1190. The third-order valence-corrected chi connectivity index (χ3v) is 7.04. The fourth-order valence-electron chi connectivity index (χ4n) is 4.61. The summed E-state index contributed by atoms with van der Waals surface area (Å²) in [4.78, 5) is 81.5. The maximum Gasteiger partial charge on any atom is 0.243 e. The molecule has 45 heavy (non-hydrogen) atoms. The lowest BCUT2D eigenvalue weighted by Crippen LogP contribution is -2.57.